The molecule has 0 bridgehead atoms. The molecule has 142 valence electrons. The molecule has 8 nitrogen and oxygen atoms in total. The molecule has 1 N–H and O–H groups in total. The van der Waals surface area contributed by atoms with Gasteiger partial charge in [0.1, 0.15) is 6.61 Å². The maximum absolute atomic E-state index is 12.9. The number of carbonyl (C=O) groups excluding carboxylic acids is 2. The summed E-state index contributed by atoms with van der Waals surface area (Å²) in [7, 11) is 0. The minimum Gasteiger partial charge on any atom is -0.485 e. The van der Waals surface area contributed by atoms with E-state index < -0.39 is 12.2 Å². The van der Waals surface area contributed by atoms with Gasteiger partial charge in [-0.3, -0.25) is 10.1 Å². The van der Waals surface area contributed by atoms with Gasteiger partial charge in [0.25, 0.3) is 5.91 Å². The normalized spacial score (nSPS) is 17.8. The van der Waals surface area contributed by atoms with Crippen LogP contribution in [0.1, 0.15) is 17.5 Å². The van der Waals surface area contributed by atoms with E-state index in [0.29, 0.717) is 42.7 Å². The molecule has 0 spiro atoms. The Kier molecular flexibility index (Phi) is 4.85. The van der Waals surface area contributed by atoms with Crippen molar-refractivity contribution < 1.29 is 23.8 Å². The fraction of sp³-hybridized carbons (Fsp3) is 0.389. The van der Waals surface area contributed by atoms with Crippen LogP contribution in [-0.2, 0) is 22.5 Å². The van der Waals surface area contributed by atoms with Crippen molar-refractivity contribution in [3.63, 3.8) is 0 Å². The SMILES string of the molecule is CCOC(=O)Nc1nc2c(s1)CN(C(=O)C1COc3ccccc3O1)CC2. The summed E-state index contributed by atoms with van der Waals surface area (Å²) < 4.78 is 16.3. The summed E-state index contributed by atoms with van der Waals surface area (Å²) in [6.45, 7) is 3.22. The minimum atomic E-state index is -0.661. The third-order valence-electron chi connectivity index (χ3n) is 4.31. The number of aromatic nitrogens is 1. The lowest BCUT2D eigenvalue weighted by Crippen LogP contribution is -2.47. The molecule has 0 radical (unpaired) electrons. The summed E-state index contributed by atoms with van der Waals surface area (Å²) in [4.78, 5) is 31.5. The average molecular weight is 389 g/mol. The number of nitrogens with one attached hydrogen (secondary N) is 1. The van der Waals surface area contributed by atoms with Gasteiger partial charge in [0.05, 0.1) is 18.8 Å². The quantitative estimate of drug-likeness (QED) is 0.867. The Morgan fingerprint density at radius 2 is 2.19 bits per heavy atom. The first-order valence-electron chi connectivity index (χ1n) is 8.73. The molecule has 0 fully saturated rings. The van der Waals surface area contributed by atoms with E-state index in [9.17, 15) is 9.59 Å². The Hall–Kier alpha value is -2.81. The first-order chi connectivity index (χ1) is 13.1. The number of nitrogens with zero attached hydrogens (tertiary/aromatic N) is 2. The van der Waals surface area contributed by atoms with Gasteiger partial charge < -0.3 is 19.1 Å². The number of anilines is 1. The second-order valence-electron chi connectivity index (χ2n) is 6.11. The van der Waals surface area contributed by atoms with Crippen molar-refractivity contribution >= 4 is 28.5 Å². The van der Waals surface area contributed by atoms with Gasteiger partial charge in [-0.05, 0) is 19.1 Å². The molecule has 2 aromatic rings. The molecular weight excluding hydrogens is 370 g/mol. The van der Waals surface area contributed by atoms with Crippen LogP contribution in [0.25, 0.3) is 0 Å². The molecule has 0 saturated heterocycles. The van der Waals surface area contributed by atoms with Crippen LogP contribution >= 0.6 is 11.3 Å². The van der Waals surface area contributed by atoms with Crippen LogP contribution in [0.2, 0.25) is 0 Å². The van der Waals surface area contributed by atoms with Crippen molar-refractivity contribution in [2.75, 3.05) is 25.1 Å². The van der Waals surface area contributed by atoms with Crippen molar-refractivity contribution in [3.8, 4) is 11.5 Å². The Morgan fingerprint density at radius 1 is 1.37 bits per heavy atom. The molecule has 27 heavy (non-hydrogen) atoms. The fourth-order valence-corrected chi connectivity index (χ4v) is 4.05. The van der Waals surface area contributed by atoms with E-state index in [2.05, 4.69) is 10.3 Å². The standard InChI is InChI=1S/C18H19N3O5S/c1-2-24-18(23)20-17-19-11-7-8-21(9-15(11)27-17)16(22)14-10-25-12-5-3-4-6-13(12)26-14/h3-6,14H,2,7-10H2,1H3,(H,19,20,23). The van der Waals surface area contributed by atoms with Crippen molar-refractivity contribution in [2.24, 2.45) is 0 Å². The number of rotatable bonds is 3. The molecular formula is C18H19N3O5S. The average Bonchev–Trinajstić information content (AvgIpc) is 3.08. The van der Waals surface area contributed by atoms with E-state index in [-0.39, 0.29) is 12.5 Å². The van der Waals surface area contributed by atoms with Crippen LogP contribution in [0, 0.1) is 0 Å². The Bertz CT molecular complexity index is 868. The molecule has 1 unspecified atom stereocenters. The lowest BCUT2D eigenvalue weighted by atomic mass is 10.1. The topological polar surface area (TPSA) is 90.0 Å². The van der Waals surface area contributed by atoms with Crippen molar-refractivity contribution in [3.05, 3.63) is 34.8 Å². The van der Waals surface area contributed by atoms with Crippen LogP contribution in [0.3, 0.4) is 0 Å². The maximum atomic E-state index is 12.9. The summed E-state index contributed by atoms with van der Waals surface area (Å²) in [5.41, 5.74) is 0.905. The van der Waals surface area contributed by atoms with Gasteiger partial charge in [-0.15, -0.1) is 0 Å². The van der Waals surface area contributed by atoms with Crippen molar-refractivity contribution in [1.82, 2.24) is 9.88 Å². The summed E-state index contributed by atoms with van der Waals surface area (Å²) >= 11 is 1.36. The number of benzene rings is 1. The number of amides is 2. The van der Waals surface area contributed by atoms with Crippen LogP contribution in [0.15, 0.2) is 24.3 Å². The molecule has 0 aliphatic carbocycles. The molecule has 2 amide bonds. The largest absolute Gasteiger partial charge is 0.485 e. The molecule has 2 aliphatic heterocycles. The number of fused-ring (bicyclic) bond motifs is 2. The molecule has 3 heterocycles. The third-order valence-corrected chi connectivity index (χ3v) is 5.31. The summed E-state index contributed by atoms with van der Waals surface area (Å²) in [6.07, 6.45) is -0.555. The van der Waals surface area contributed by atoms with E-state index in [0.717, 1.165) is 10.6 Å². The van der Waals surface area contributed by atoms with Gasteiger partial charge in [0.2, 0.25) is 6.10 Å². The highest BCUT2D eigenvalue weighted by atomic mass is 32.1. The van der Waals surface area contributed by atoms with Crippen molar-refractivity contribution in [2.45, 2.75) is 26.0 Å². The first-order valence-corrected chi connectivity index (χ1v) is 9.55. The molecule has 1 aromatic carbocycles. The summed E-state index contributed by atoms with van der Waals surface area (Å²) in [6, 6.07) is 7.32. The highest BCUT2D eigenvalue weighted by Gasteiger charge is 2.33. The van der Waals surface area contributed by atoms with Gasteiger partial charge in [0.15, 0.2) is 16.6 Å². The summed E-state index contributed by atoms with van der Waals surface area (Å²) in [5.74, 6) is 1.13. The van der Waals surface area contributed by atoms with Crippen LogP contribution in [-0.4, -0.2) is 47.7 Å². The number of para-hydroxylation sites is 2. The molecule has 0 saturated carbocycles. The highest BCUT2D eigenvalue weighted by molar-refractivity contribution is 7.15. The predicted octanol–water partition coefficient (Wildman–Crippen LogP) is 2.44. The van der Waals surface area contributed by atoms with E-state index >= 15 is 0 Å². The number of hydrogen-bond acceptors (Lipinski definition) is 7. The number of carbonyl (C=O) groups is 2. The highest BCUT2D eigenvalue weighted by Crippen LogP contribution is 2.33. The molecule has 1 aromatic heterocycles. The Balaban J connectivity index is 1.41. The third kappa shape index (κ3) is 3.68. The molecule has 9 heteroatoms. The monoisotopic (exact) mass is 389 g/mol. The fourth-order valence-electron chi connectivity index (χ4n) is 3.04. The second-order valence-corrected chi connectivity index (χ2v) is 7.19. The van der Waals surface area contributed by atoms with Gasteiger partial charge in [0, 0.05) is 17.8 Å². The lowest BCUT2D eigenvalue weighted by molar-refractivity contribution is -0.142. The number of thiazole rings is 1. The number of ether oxygens (including phenoxy) is 3. The van der Waals surface area contributed by atoms with Crippen LogP contribution in [0.4, 0.5) is 9.93 Å². The summed E-state index contributed by atoms with van der Waals surface area (Å²) in [5, 5.41) is 3.10. The number of hydrogen-bond donors (Lipinski definition) is 1. The Labute approximate surface area is 160 Å². The van der Waals surface area contributed by atoms with E-state index in [1.165, 1.54) is 11.3 Å². The minimum absolute atomic E-state index is 0.108. The van der Waals surface area contributed by atoms with E-state index in [4.69, 9.17) is 14.2 Å². The van der Waals surface area contributed by atoms with Gasteiger partial charge >= 0.3 is 6.09 Å². The van der Waals surface area contributed by atoms with Crippen LogP contribution < -0.4 is 14.8 Å². The zero-order valence-electron chi connectivity index (χ0n) is 14.8. The molecule has 4 rings (SSSR count). The van der Waals surface area contributed by atoms with Gasteiger partial charge in [-0.25, -0.2) is 9.78 Å². The smallest absolute Gasteiger partial charge is 0.413 e. The van der Waals surface area contributed by atoms with Gasteiger partial charge in [-0.2, -0.15) is 0 Å². The molecule has 1 atom stereocenters. The zero-order valence-corrected chi connectivity index (χ0v) is 15.6. The predicted molar refractivity (Wildman–Crippen MR) is 98.2 cm³/mol. The maximum Gasteiger partial charge on any atom is 0.413 e. The van der Waals surface area contributed by atoms with Crippen molar-refractivity contribution in [1.29, 1.82) is 0 Å². The zero-order chi connectivity index (χ0) is 18.8. The molecule has 2 aliphatic rings. The van der Waals surface area contributed by atoms with Crippen LogP contribution in [0.5, 0.6) is 11.5 Å². The Morgan fingerprint density at radius 3 is 3.00 bits per heavy atom. The van der Waals surface area contributed by atoms with E-state index in [1.54, 1.807) is 17.9 Å². The van der Waals surface area contributed by atoms with E-state index in [1.807, 2.05) is 18.2 Å². The second kappa shape index (κ2) is 7.43. The van der Waals surface area contributed by atoms with Gasteiger partial charge in [-0.1, -0.05) is 23.5 Å². The first kappa shape index (κ1) is 17.6. The lowest BCUT2D eigenvalue weighted by Gasteiger charge is -2.32.